The minimum absolute atomic E-state index is 0.103. The van der Waals surface area contributed by atoms with Crippen molar-refractivity contribution >= 4 is 18.0 Å². The van der Waals surface area contributed by atoms with Gasteiger partial charge >= 0.3 is 0 Å². The van der Waals surface area contributed by atoms with Crippen LogP contribution in [0.5, 0.6) is 5.75 Å². The van der Waals surface area contributed by atoms with Crippen molar-refractivity contribution in [3.05, 3.63) is 311 Å². The van der Waals surface area contributed by atoms with Crippen molar-refractivity contribution in [3.63, 3.8) is 0 Å². The molecule has 11 rings (SSSR count). The van der Waals surface area contributed by atoms with Crippen LogP contribution in [0.4, 0.5) is 0 Å². The van der Waals surface area contributed by atoms with Crippen LogP contribution >= 0.6 is 11.8 Å². The molecule has 10 atom stereocenters. The third-order valence-electron chi connectivity index (χ3n) is 15.6. The summed E-state index contributed by atoms with van der Waals surface area (Å²) >= 11 is 1.57. The monoisotopic (exact) mass is 1210 g/mol. The number of aldehydes is 1. The van der Waals surface area contributed by atoms with E-state index < -0.39 is 61.2 Å². The van der Waals surface area contributed by atoms with Gasteiger partial charge in [0.2, 0.25) is 0 Å². The first-order chi connectivity index (χ1) is 44.1. The van der Waals surface area contributed by atoms with Crippen LogP contribution in [0, 0.1) is 0 Å². The third-order valence-corrected chi connectivity index (χ3v) is 16.7. The van der Waals surface area contributed by atoms with Gasteiger partial charge in [0.1, 0.15) is 61.2 Å². The fourth-order valence-corrected chi connectivity index (χ4v) is 11.9. The van der Waals surface area contributed by atoms with Gasteiger partial charge in [-0.25, -0.2) is 0 Å². The lowest BCUT2D eigenvalue weighted by Gasteiger charge is -2.50. The fourth-order valence-electron chi connectivity index (χ4n) is 11.0. The summed E-state index contributed by atoms with van der Waals surface area (Å²) in [6.45, 7) is 2.34. The smallest absolute Gasteiger partial charge is 0.187 e. The highest BCUT2D eigenvalue weighted by molar-refractivity contribution is 7.99. The molecule has 0 amide bonds. The van der Waals surface area contributed by atoms with E-state index in [2.05, 4.69) is 0 Å². The summed E-state index contributed by atoms with van der Waals surface area (Å²) < 4.78 is 78.3. The van der Waals surface area contributed by atoms with Gasteiger partial charge in [0.25, 0.3) is 0 Å². The minimum atomic E-state index is -1.14. The van der Waals surface area contributed by atoms with E-state index in [9.17, 15) is 4.79 Å². The van der Waals surface area contributed by atoms with Crippen molar-refractivity contribution in [2.45, 2.75) is 119 Å². The highest BCUT2D eigenvalue weighted by Gasteiger charge is 2.54. The molecule has 0 spiro atoms. The highest BCUT2D eigenvalue weighted by Crippen LogP contribution is 2.39. The summed E-state index contributed by atoms with van der Waals surface area (Å²) in [5.74, 6) is 0.893. The van der Waals surface area contributed by atoms with E-state index in [0.717, 1.165) is 55.7 Å². The van der Waals surface area contributed by atoms with Crippen molar-refractivity contribution < 1.29 is 56.9 Å². The maximum Gasteiger partial charge on any atom is 0.187 e. The summed E-state index contributed by atoms with van der Waals surface area (Å²) in [6.07, 6.45) is -7.32. The molecule has 2 heterocycles. The van der Waals surface area contributed by atoms with E-state index in [1.807, 2.05) is 255 Å². The van der Waals surface area contributed by atoms with Gasteiger partial charge < -0.3 is 52.1 Å². The Kier molecular flexibility index (Phi) is 23.9. The Labute approximate surface area is 526 Å². The molecular formula is C76H76O12S. The van der Waals surface area contributed by atoms with E-state index in [1.54, 1.807) is 17.8 Å². The van der Waals surface area contributed by atoms with Gasteiger partial charge in [-0.05, 0) is 62.7 Å². The zero-order valence-corrected chi connectivity index (χ0v) is 50.6. The number of carbonyl (C=O) groups excluding carboxylic acids is 1. The second-order valence-electron chi connectivity index (χ2n) is 22.1. The second-order valence-corrected chi connectivity index (χ2v) is 23.2. The van der Waals surface area contributed by atoms with Gasteiger partial charge in [0, 0.05) is 10.6 Å². The van der Waals surface area contributed by atoms with Crippen LogP contribution in [0.2, 0.25) is 0 Å². The van der Waals surface area contributed by atoms with Crippen LogP contribution in [0.1, 0.15) is 54.9 Å². The lowest BCUT2D eigenvalue weighted by Crippen LogP contribution is -2.66. The fraction of sp³-hybridized carbons (Fsp3) is 0.276. The molecule has 0 radical (unpaired) electrons. The maximum atomic E-state index is 12.4. The summed E-state index contributed by atoms with van der Waals surface area (Å²) in [5.41, 5.74) is 8.30. The van der Waals surface area contributed by atoms with Gasteiger partial charge in [0.05, 0.1) is 71.1 Å². The Morgan fingerprint density at radius 1 is 0.337 bits per heavy atom. The zero-order valence-electron chi connectivity index (χ0n) is 49.8. The molecule has 13 heteroatoms. The lowest BCUT2D eigenvalue weighted by molar-refractivity contribution is -0.362. The van der Waals surface area contributed by atoms with Crippen LogP contribution in [-0.2, 0) is 100 Å². The topological polar surface area (TPSA) is 119 Å². The molecule has 2 aliphatic heterocycles. The Bertz CT molecular complexity index is 3430. The predicted octanol–water partition coefficient (Wildman–Crippen LogP) is 14.4. The lowest BCUT2D eigenvalue weighted by atomic mass is 9.93. The Morgan fingerprint density at radius 2 is 0.674 bits per heavy atom. The summed E-state index contributed by atoms with van der Waals surface area (Å²) in [6, 6.07) is 86.1. The van der Waals surface area contributed by atoms with Crippen LogP contribution in [0.25, 0.3) is 0 Å². The Morgan fingerprint density at radius 3 is 1.08 bits per heavy atom. The number of benzene rings is 9. The van der Waals surface area contributed by atoms with E-state index >= 15 is 0 Å². The average molecular weight is 1210 g/mol. The SMILES string of the molecule is O=Cc1ccc(SC[C@@H]2OC(COCc3ccccc3)[C@H](O[C@@H]3OC(COCc4ccccc4)[C@H](OCc4ccccc4)[C@H](OCc4ccccc4)C3OCc3ccccc3)[C@H](OCc3ccccc3)C2OCc2ccccc2)cc1OCc1ccccc1. The number of rotatable bonds is 32. The van der Waals surface area contributed by atoms with Crippen molar-refractivity contribution in [2.75, 3.05) is 19.0 Å². The van der Waals surface area contributed by atoms with Crippen molar-refractivity contribution in [1.82, 2.24) is 0 Å². The van der Waals surface area contributed by atoms with E-state index in [4.69, 9.17) is 52.1 Å². The molecular weight excluding hydrogens is 1140 g/mol. The van der Waals surface area contributed by atoms with Crippen LogP contribution in [0.3, 0.4) is 0 Å². The van der Waals surface area contributed by atoms with Gasteiger partial charge in [-0.15, -0.1) is 11.8 Å². The highest BCUT2D eigenvalue weighted by atomic mass is 32.2. The first kappa shape index (κ1) is 63.0. The molecule has 2 aliphatic rings. The summed E-state index contributed by atoms with van der Waals surface area (Å²) in [7, 11) is 0. The van der Waals surface area contributed by atoms with E-state index in [-0.39, 0.29) is 46.2 Å². The minimum Gasteiger partial charge on any atom is -0.488 e. The molecule has 89 heavy (non-hydrogen) atoms. The number of hydrogen-bond acceptors (Lipinski definition) is 13. The molecule has 2 fully saturated rings. The zero-order chi connectivity index (χ0) is 60.5. The van der Waals surface area contributed by atoms with Gasteiger partial charge in [-0.3, -0.25) is 4.79 Å². The molecule has 12 nitrogen and oxygen atoms in total. The summed E-state index contributed by atoms with van der Waals surface area (Å²) in [5, 5.41) is 0. The van der Waals surface area contributed by atoms with Gasteiger partial charge in [-0.2, -0.15) is 0 Å². The number of ether oxygens (including phenoxy) is 11. The number of thioether (sulfide) groups is 1. The molecule has 0 bridgehead atoms. The third kappa shape index (κ3) is 18.7. The maximum absolute atomic E-state index is 12.4. The molecule has 9 aromatic carbocycles. The summed E-state index contributed by atoms with van der Waals surface area (Å²) in [4.78, 5) is 13.3. The van der Waals surface area contributed by atoms with Crippen LogP contribution in [-0.4, -0.2) is 86.5 Å². The Hall–Kier alpha value is -7.60. The molecule has 2 saturated heterocycles. The predicted molar refractivity (Wildman–Crippen MR) is 343 cm³/mol. The normalized spacial score (nSPS) is 21.7. The first-order valence-corrected chi connectivity index (χ1v) is 31.4. The molecule has 0 N–H and O–H groups in total. The molecule has 0 saturated carbocycles. The van der Waals surface area contributed by atoms with E-state index in [1.165, 1.54) is 0 Å². The quantitative estimate of drug-likeness (QED) is 0.0294. The number of carbonyl (C=O) groups is 1. The molecule has 458 valence electrons. The van der Waals surface area contributed by atoms with Crippen molar-refractivity contribution in [1.29, 1.82) is 0 Å². The largest absolute Gasteiger partial charge is 0.488 e. The molecule has 4 unspecified atom stereocenters. The molecule has 0 aliphatic carbocycles. The molecule has 9 aromatic rings. The first-order valence-electron chi connectivity index (χ1n) is 30.4. The molecule has 0 aromatic heterocycles. The van der Waals surface area contributed by atoms with Crippen LogP contribution < -0.4 is 4.74 Å². The van der Waals surface area contributed by atoms with E-state index in [0.29, 0.717) is 36.9 Å². The standard InChI is InChI=1S/C76H76O12S/c77-44-64-41-42-65(43-66(64)80-47-58-29-13-3-14-30-58)89-55-69-71(82-49-60-33-17-5-18-34-60)73(83-50-61-35-19-6-20-36-61)72(68(86-69)54-79-46-57-27-11-2-12-28-57)88-76-75(85-52-63-39-23-8-24-40-63)74(84-51-62-37-21-7-22-38-62)70(81-48-59-31-15-4-16-32-59)67(87-76)53-78-45-56-25-9-1-10-26-56/h1-44,67-76H,45-55H2/t67?,68?,69-,70-,71?,72-,73+,74-,75?,76-/m0/s1. The average Bonchev–Trinajstić information content (AvgIpc) is 2.49. The van der Waals surface area contributed by atoms with Crippen molar-refractivity contribution in [2.24, 2.45) is 0 Å². The second kappa shape index (κ2) is 33.8. The van der Waals surface area contributed by atoms with Gasteiger partial charge in [-0.1, -0.05) is 243 Å². The Balaban J connectivity index is 0.988. The van der Waals surface area contributed by atoms with Crippen molar-refractivity contribution in [3.8, 4) is 5.75 Å². The number of hydrogen-bond donors (Lipinski definition) is 0. The van der Waals surface area contributed by atoms with Gasteiger partial charge in [0.15, 0.2) is 12.6 Å². The van der Waals surface area contributed by atoms with Crippen LogP contribution in [0.15, 0.2) is 266 Å².